The Bertz CT molecular complexity index is 500. The first-order valence-corrected chi connectivity index (χ1v) is 4.81. The molecule has 2 aromatic rings. The first-order chi connectivity index (χ1) is 7.31. The van der Waals surface area contributed by atoms with Gasteiger partial charge in [-0.05, 0) is 6.92 Å². The summed E-state index contributed by atoms with van der Waals surface area (Å²) in [7, 11) is 0. The molecule has 78 valence electrons. The van der Waals surface area contributed by atoms with E-state index in [1.165, 1.54) is 23.2 Å². The van der Waals surface area contributed by atoms with Crippen molar-refractivity contribution in [2.45, 2.75) is 20.0 Å². The average Bonchev–Trinajstić information content (AvgIpc) is 2.69. The second kappa shape index (κ2) is 4.08. The maximum absolute atomic E-state index is 11.4. The smallest absolute Gasteiger partial charge is 0.253 e. The van der Waals surface area contributed by atoms with Crippen LogP contribution in [0.2, 0.25) is 0 Å². The van der Waals surface area contributed by atoms with Crippen LogP contribution in [0.15, 0.2) is 35.8 Å². The molecule has 0 aromatic carbocycles. The lowest BCUT2D eigenvalue weighted by Gasteiger charge is -2.05. The molecule has 15 heavy (non-hydrogen) atoms. The SMILES string of the molecule is CCn1ccnc1Cn1cnccc1=O. The molecule has 0 fully saturated rings. The summed E-state index contributed by atoms with van der Waals surface area (Å²) in [6.45, 7) is 3.36. The van der Waals surface area contributed by atoms with Gasteiger partial charge in [0, 0.05) is 31.2 Å². The van der Waals surface area contributed by atoms with E-state index in [0.29, 0.717) is 6.54 Å². The van der Waals surface area contributed by atoms with Gasteiger partial charge in [-0.2, -0.15) is 0 Å². The lowest BCUT2D eigenvalue weighted by atomic mass is 10.5. The third-order valence-corrected chi connectivity index (χ3v) is 2.25. The van der Waals surface area contributed by atoms with Gasteiger partial charge in [-0.15, -0.1) is 0 Å². The zero-order valence-corrected chi connectivity index (χ0v) is 8.50. The van der Waals surface area contributed by atoms with Crippen molar-refractivity contribution in [3.8, 4) is 0 Å². The fourth-order valence-corrected chi connectivity index (χ4v) is 1.43. The molecule has 0 spiro atoms. The standard InChI is InChI=1S/C10H12N4O/c1-2-13-6-5-12-9(13)7-14-8-11-4-3-10(14)15/h3-6,8H,2,7H2,1H3. The van der Waals surface area contributed by atoms with E-state index in [4.69, 9.17) is 0 Å². The molecule has 0 N–H and O–H groups in total. The fraction of sp³-hybridized carbons (Fsp3) is 0.300. The van der Waals surface area contributed by atoms with Gasteiger partial charge in [0.2, 0.25) is 0 Å². The molecule has 0 amide bonds. The monoisotopic (exact) mass is 204 g/mol. The van der Waals surface area contributed by atoms with Crippen molar-refractivity contribution in [2.24, 2.45) is 0 Å². The van der Waals surface area contributed by atoms with Gasteiger partial charge in [0.15, 0.2) is 0 Å². The van der Waals surface area contributed by atoms with Crippen molar-refractivity contribution in [1.82, 2.24) is 19.1 Å². The molecule has 0 aliphatic rings. The topological polar surface area (TPSA) is 52.7 Å². The predicted molar refractivity (Wildman–Crippen MR) is 55.5 cm³/mol. The first kappa shape index (κ1) is 9.64. The van der Waals surface area contributed by atoms with E-state index in [2.05, 4.69) is 9.97 Å². The average molecular weight is 204 g/mol. The number of rotatable bonds is 3. The van der Waals surface area contributed by atoms with E-state index in [1.807, 2.05) is 17.7 Å². The lowest BCUT2D eigenvalue weighted by Crippen LogP contribution is -2.21. The Kier molecular flexibility index (Phi) is 2.62. The lowest BCUT2D eigenvalue weighted by molar-refractivity contribution is 0.631. The normalized spacial score (nSPS) is 10.5. The number of imidazole rings is 1. The molecule has 0 unspecified atom stereocenters. The first-order valence-electron chi connectivity index (χ1n) is 4.81. The van der Waals surface area contributed by atoms with E-state index in [9.17, 15) is 4.79 Å². The second-order valence-electron chi connectivity index (χ2n) is 3.18. The summed E-state index contributed by atoms with van der Waals surface area (Å²) < 4.78 is 3.54. The van der Waals surface area contributed by atoms with Crippen LogP contribution in [-0.2, 0) is 13.1 Å². The quantitative estimate of drug-likeness (QED) is 0.732. The van der Waals surface area contributed by atoms with Crippen molar-refractivity contribution in [1.29, 1.82) is 0 Å². The maximum Gasteiger partial charge on any atom is 0.253 e. The van der Waals surface area contributed by atoms with Gasteiger partial charge in [-0.25, -0.2) is 9.97 Å². The van der Waals surface area contributed by atoms with Gasteiger partial charge in [0.1, 0.15) is 5.82 Å². The van der Waals surface area contributed by atoms with Crippen LogP contribution < -0.4 is 5.56 Å². The molecule has 0 aliphatic carbocycles. The van der Waals surface area contributed by atoms with Gasteiger partial charge in [-0.3, -0.25) is 9.36 Å². The summed E-state index contributed by atoms with van der Waals surface area (Å²) in [5, 5.41) is 0. The third kappa shape index (κ3) is 1.96. The Morgan fingerprint density at radius 3 is 2.93 bits per heavy atom. The highest BCUT2D eigenvalue weighted by molar-refractivity contribution is 4.94. The summed E-state index contributed by atoms with van der Waals surface area (Å²) >= 11 is 0. The van der Waals surface area contributed by atoms with E-state index in [-0.39, 0.29) is 5.56 Å². The highest BCUT2D eigenvalue weighted by Gasteiger charge is 2.02. The Labute approximate surface area is 87.0 Å². The Morgan fingerprint density at radius 2 is 2.20 bits per heavy atom. The van der Waals surface area contributed by atoms with Crippen molar-refractivity contribution in [3.63, 3.8) is 0 Å². The van der Waals surface area contributed by atoms with Gasteiger partial charge >= 0.3 is 0 Å². The van der Waals surface area contributed by atoms with E-state index in [0.717, 1.165) is 12.4 Å². The van der Waals surface area contributed by atoms with Crippen molar-refractivity contribution in [3.05, 3.63) is 47.2 Å². The summed E-state index contributed by atoms with van der Waals surface area (Å²) in [5.74, 6) is 0.868. The van der Waals surface area contributed by atoms with Crippen LogP contribution in [0.5, 0.6) is 0 Å². The summed E-state index contributed by atoms with van der Waals surface area (Å²) in [6, 6.07) is 1.44. The highest BCUT2D eigenvalue weighted by atomic mass is 16.1. The van der Waals surface area contributed by atoms with Crippen LogP contribution in [0.3, 0.4) is 0 Å². The van der Waals surface area contributed by atoms with Crippen LogP contribution in [0.4, 0.5) is 0 Å². The van der Waals surface area contributed by atoms with Crippen LogP contribution in [0.25, 0.3) is 0 Å². The molecule has 2 rings (SSSR count). The number of aryl methyl sites for hydroxylation is 1. The molecule has 5 nitrogen and oxygen atoms in total. The molecule has 5 heteroatoms. The van der Waals surface area contributed by atoms with Crippen molar-refractivity contribution >= 4 is 0 Å². The molecular weight excluding hydrogens is 192 g/mol. The van der Waals surface area contributed by atoms with Crippen LogP contribution >= 0.6 is 0 Å². The molecule has 2 heterocycles. The fourth-order valence-electron chi connectivity index (χ4n) is 1.43. The molecule has 0 saturated carbocycles. The largest absolute Gasteiger partial charge is 0.334 e. The highest BCUT2D eigenvalue weighted by Crippen LogP contribution is 1.98. The number of aromatic nitrogens is 4. The van der Waals surface area contributed by atoms with Gasteiger partial charge in [0.05, 0.1) is 12.9 Å². The predicted octanol–water partition coefficient (Wildman–Crippen LogP) is 0.508. The number of hydrogen-bond donors (Lipinski definition) is 0. The van der Waals surface area contributed by atoms with Gasteiger partial charge in [0.25, 0.3) is 5.56 Å². The maximum atomic E-state index is 11.4. The van der Waals surface area contributed by atoms with E-state index >= 15 is 0 Å². The Hall–Kier alpha value is -1.91. The molecule has 2 aromatic heterocycles. The molecule has 0 saturated heterocycles. The zero-order chi connectivity index (χ0) is 10.7. The van der Waals surface area contributed by atoms with Crippen LogP contribution in [0.1, 0.15) is 12.7 Å². The molecule has 0 bridgehead atoms. The molecule has 0 radical (unpaired) electrons. The number of hydrogen-bond acceptors (Lipinski definition) is 3. The minimum atomic E-state index is -0.0596. The Morgan fingerprint density at radius 1 is 1.33 bits per heavy atom. The molecule has 0 atom stereocenters. The van der Waals surface area contributed by atoms with Crippen LogP contribution in [0, 0.1) is 0 Å². The zero-order valence-electron chi connectivity index (χ0n) is 8.50. The minimum absolute atomic E-state index is 0.0596. The van der Waals surface area contributed by atoms with E-state index in [1.54, 1.807) is 6.20 Å². The summed E-state index contributed by atoms with van der Waals surface area (Å²) in [5.41, 5.74) is -0.0596. The number of nitrogens with zero attached hydrogens (tertiary/aromatic N) is 4. The van der Waals surface area contributed by atoms with Gasteiger partial charge in [-0.1, -0.05) is 0 Å². The van der Waals surface area contributed by atoms with Crippen molar-refractivity contribution < 1.29 is 0 Å². The minimum Gasteiger partial charge on any atom is -0.334 e. The summed E-state index contributed by atoms with van der Waals surface area (Å²) in [4.78, 5) is 19.5. The van der Waals surface area contributed by atoms with E-state index < -0.39 is 0 Å². The third-order valence-electron chi connectivity index (χ3n) is 2.25. The molecule has 0 aliphatic heterocycles. The summed E-state index contributed by atoms with van der Waals surface area (Å²) in [6.07, 6.45) is 6.65. The van der Waals surface area contributed by atoms with Gasteiger partial charge < -0.3 is 4.57 Å². The second-order valence-corrected chi connectivity index (χ2v) is 3.18. The Balaban J connectivity index is 2.30. The molecular formula is C10H12N4O. The van der Waals surface area contributed by atoms with Crippen molar-refractivity contribution in [2.75, 3.05) is 0 Å². The van der Waals surface area contributed by atoms with Crippen LogP contribution in [-0.4, -0.2) is 19.1 Å².